The van der Waals surface area contributed by atoms with Crippen molar-refractivity contribution in [3.63, 3.8) is 0 Å². The van der Waals surface area contributed by atoms with E-state index in [1.54, 1.807) is 42.5 Å². The van der Waals surface area contributed by atoms with Crippen LogP contribution in [-0.2, 0) is 0 Å². The second kappa shape index (κ2) is 10.9. The third-order valence-electron chi connectivity index (χ3n) is 5.19. The first-order chi connectivity index (χ1) is 15.0. The van der Waals surface area contributed by atoms with Crippen LogP contribution in [0.5, 0.6) is 5.75 Å². The zero-order chi connectivity index (χ0) is 22.2. The molecule has 0 atom stereocenters. The molecule has 0 fully saturated rings. The maximum atomic E-state index is 14.6. The first-order valence-electron chi connectivity index (χ1n) is 10.6. The second-order valence-corrected chi connectivity index (χ2v) is 7.61. The highest BCUT2D eigenvalue weighted by atomic mass is 19.2. The number of hydrogen-bond acceptors (Lipinski definition) is 1. The van der Waals surface area contributed by atoms with E-state index in [1.807, 2.05) is 12.1 Å². The zero-order valence-corrected chi connectivity index (χ0v) is 17.9. The molecule has 3 aromatic rings. The lowest BCUT2D eigenvalue weighted by molar-refractivity contribution is 0.303. The van der Waals surface area contributed by atoms with Gasteiger partial charge in [-0.15, -0.1) is 0 Å². The van der Waals surface area contributed by atoms with E-state index in [9.17, 15) is 13.2 Å². The highest BCUT2D eigenvalue weighted by Gasteiger charge is 2.09. The SMILES string of the molecule is CCCCCCOc1ccc(-c2ccc(/C=C/c3ccc(C)c(F)c3F)cc2)c(F)c1. The normalized spacial score (nSPS) is 11.3. The fourth-order valence-electron chi connectivity index (χ4n) is 3.29. The summed E-state index contributed by atoms with van der Waals surface area (Å²) in [5.41, 5.74) is 2.48. The summed E-state index contributed by atoms with van der Waals surface area (Å²) in [5, 5.41) is 0. The Hall–Kier alpha value is -3.01. The molecule has 0 N–H and O–H groups in total. The van der Waals surface area contributed by atoms with Crippen LogP contribution in [0.4, 0.5) is 13.2 Å². The van der Waals surface area contributed by atoms with Crippen molar-refractivity contribution in [3.05, 3.63) is 88.7 Å². The molecule has 0 unspecified atom stereocenters. The summed E-state index contributed by atoms with van der Waals surface area (Å²) in [6.45, 7) is 4.27. The van der Waals surface area contributed by atoms with Crippen LogP contribution >= 0.6 is 0 Å². The molecule has 0 aliphatic rings. The number of benzene rings is 3. The van der Waals surface area contributed by atoms with Gasteiger partial charge in [-0.1, -0.05) is 74.7 Å². The lowest BCUT2D eigenvalue weighted by atomic mass is 10.0. The summed E-state index contributed by atoms with van der Waals surface area (Å²) in [6.07, 6.45) is 7.65. The summed E-state index contributed by atoms with van der Waals surface area (Å²) in [7, 11) is 0. The van der Waals surface area contributed by atoms with Crippen molar-refractivity contribution in [1.29, 1.82) is 0 Å². The molecule has 1 nitrogen and oxygen atoms in total. The lowest BCUT2D eigenvalue weighted by Crippen LogP contribution is -1.98. The van der Waals surface area contributed by atoms with E-state index in [-0.39, 0.29) is 16.9 Å². The molecule has 4 heteroatoms. The first kappa shape index (κ1) is 22.7. The van der Waals surface area contributed by atoms with Crippen molar-refractivity contribution in [2.75, 3.05) is 6.61 Å². The van der Waals surface area contributed by atoms with E-state index in [1.165, 1.54) is 31.9 Å². The van der Waals surface area contributed by atoms with Gasteiger partial charge >= 0.3 is 0 Å². The Balaban J connectivity index is 1.66. The van der Waals surface area contributed by atoms with E-state index in [4.69, 9.17) is 4.74 Å². The smallest absolute Gasteiger partial charge is 0.166 e. The van der Waals surface area contributed by atoms with Gasteiger partial charge in [0.2, 0.25) is 0 Å². The first-order valence-corrected chi connectivity index (χ1v) is 10.6. The molecule has 0 saturated heterocycles. The van der Waals surface area contributed by atoms with Crippen LogP contribution in [0.3, 0.4) is 0 Å². The average molecular weight is 425 g/mol. The summed E-state index contributed by atoms with van der Waals surface area (Å²) in [6, 6.07) is 15.2. The summed E-state index contributed by atoms with van der Waals surface area (Å²) in [4.78, 5) is 0. The Labute approximate surface area is 182 Å². The van der Waals surface area contributed by atoms with Gasteiger partial charge in [-0.2, -0.15) is 0 Å². The molecule has 0 bridgehead atoms. The van der Waals surface area contributed by atoms with Gasteiger partial charge in [0.1, 0.15) is 11.6 Å². The Morgan fingerprint density at radius 3 is 2.29 bits per heavy atom. The lowest BCUT2D eigenvalue weighted by Gasteiger charge is -2.09. The van der Waals surface area contributed by atoms with E-state index in [0.717, 1.165) is 24.0 Å². The van der Waals surface area contributed by atoms with E-state index in [0.29, 0.717) is 17.9 Å². The minimum absolute atomic E-state index is 0.184. The highest BCUT2D eigenvalue weighted by molar-refractivity contribution is 5.72. The van der Waals surface area contributed by atoms with Crippen molar-refractivity contribution >= 4 is 12.2 Å². The van der Waals surface area contributed by atoms with Crippen LogP contribution in [0.25, 0.3) is 23.3 Å². The molecule has 0 aliphatic heterocycles. The van der Waals surface area contributed by atoms with Crippen molar-refractivity contribution in [1.82, 2.24) is 0 Å². The average Bonchev–Trinajstić information content (AvgIpc) is 2.77. The van der Waals surface area contributed by atoms with Gasteiger partial charge < -0.3 is 4.74 Å². The van der Waals surface area contributed by atoms with Gasteiger partial charge in [0.25, 0.3) is 0 Å². The number of ether oxygens (including phenoxy) is 1. The van der Waals surface area contributed by atoms with Crippen molar-refractivity contribution in [2.24, 2.45) is 0 Å². The fourth-order valence-corrected chi connectivity index (χ4v) is 3.29. The summed E-state index contributed by atoms with van der Waals surface area (Å²) in [5.74, 6) is -1.50. The van der Waals surface area contributed by atoms with Crippen molar-refractivity contribution < 1.29 is 17.9 Å². The molecule has 0 spiro atoms. The fraction of sp³-hybridized carbons (Fsp3) is 0.259. The largest absolute Gasteiger partial charge is 0.493 e. The molecular weight excluding hydrogens is 397 g/mol. The van der Waals surface area contributed by atoms with Gasteiger partial charge in [0, 0.05) is 17.2 Å². The Kier molecular flexibility index (Phi) is 7.94. The molecule has 31 heavy (non-hydrogen) atoms. The van der Waals surface area contributed by atoms with Crippen LogP contribution in [0.2, 0.25) is 0 Å². The van der Waals surface area contributed by atoms with E-state index < -0.39 is 11.6 Å². The maximum absolute atomic E-state index is 14.6. The predicted octanol–water partition coefficient (Wildman–Crippen LogP) is 8.21. The monoisotopic (exact) mass is 424 g/mol. The van der Waals surface area contributed by atoms with E-state index >= 15 is 0 Å². The van der Waals surface area contributed by atoms with Crippen LogP contribution in [0.1, 0.15) is 49.3 Å². The molecule has 0 aliphatic carbocycles. The molecule has 0 radical (unpaired) electrons. The minimum Gasteiger partial charge on any atom is -0.493 e. The van der Waals surface area contributed by atoms with Gasteiger partial charge in [0.15, 0.2) is 11.6 Å². The zero-order valence-electron chi connectivity index (χ0n) is 17.9. The quantitative estimate of drug-likeness (QED) is 0.248. The molecule has 0 heterocycles. The summed E-state index contributed by atoms with van der Waals surface area (Å²) >= 11 is 0. The molecule has 162 valence electrons. The Morgan fingerprint density at radius 1 is 0.806 bits per heavy atom. The van der Waals surface area contributed by atoms with Gasteiger partial charge in [-0.3, -0.25) is 0 Å². The highest BCUT2D eigenvalue weighted by Crippen LogP contribution is 2.27. The third-order valence-corrected chi connectivity index (χ3v) is 5.19. The number of rotatable bonds is 9. The minimum atomic E-state index is -0.859. The molecule has 0 amide bonds. The Morgan fingerprint density at radius 2 is 1.58 bits per heavy atom. The molecule has 3 rings (SSSR count). The van der Waals surface area contributed by atoms with E-state index in [2.05, 4.69) is 6.92 Å². The van der Waals surface area contributed by atoms with Crippen LogP contribution in [0.15, 0.2) is 54.6 Å². The number of aryl methyl sites for hydroxylation is 1. The molecule has 0 saturated carbocycles. The van der Waals surface area contributed by atoms with Crippen molar-refractivity contribution in [3.8, 4) is 16.9 Å². The predicted molar refractivity (Wildman–Crippen MR) is 121 cm³/mol. The third kappa shape index (κ3) is 6.00. The molecule has 0 aromatic heterocycles. The van der Waals surface area contributed by atoms with Crippen LogP contribution < -0.4 is 4.74 Å². The number of hydrogen-bond donors (Lipinski definition) is 0. The molecule has 3 aromatic carbocycles. The number of unbranched alkanes of at least 4 members (excludes halogenated alkanes) is 3. The van der Waals surface area contributed by atoms with Crippen LogP contribution in [0, 0.1) is 24.4 Å². The van der Waals surface area contributed by atoms with Gasteiger partial charge in [-0.05, 0) is 42.2 Å². The maximum Gasteiger partial charge on any atom is 0.166 e. The van der Waals surface area contributed by atoms with Gasteiger partial charge in [0.05, 0.1) is 6.61 Å². The summed E-state index contributed by atoms with van der Waals surface area (Å²) < 4.78 is 47.9. The topological polar surface area (TPSA) is 9.23 Å². The van der Waals surface area contributed by atoms with Crippen LogP contribution in [-0.4, -0.2) is 6.61 Å². The van der Waals surface area contributed by atoms with Gasteiger partial charge in [-0.25, -0.2) is 13.2 Å². The Bertz CT molecular complexity index is 1040. The second-order valence-electron chi connectivity index (χ2n) is 7.61. The molecular formula is C27H27F3O. The standard InChI is InChI=1S/C27H27F3O/c1-3-4-5-6-17-31-23-15-16-24(25(28)18-23)21-12-8-20(9-13-21)10-14-22-11-7-19(2)26(29)27(22)30/h7-16,18H,3-6,17H2,1-2H3/b14-10+. The van der Waals surface area contributed by atoms with Crippen molar-refractivity contribution in [2.45, 2.75) is 39.5 Å². The number of halogens is 3.